The summed E-state index contributed by atoms with van der Waals surface area (Å²) >= 11 is 0. The number of carbonyl (C=O) groups is 1. The Bertz CT molecular complexity index is 252. The highest BCUT2D eigenvalue weighted by atomic mass is 19.4. The van der Waals surface area contributed by atoms with Crippen LogP contribution in [0.4, 0.5) is 13.2 Å². The van der Waals surface area contributed by atoms with Crippen molar-refractivity contribution in [1.82, 2.24) is 4.90 Å². The van der Waals surface area contributed by atoms with E-state index in [1.165, 1.54) is 0 Å². The molecule has 2 N–H and O–H groups in total. The van der Waals surface area contributed by atoms with Crippen LogP contribution in [0.1, 0.15) is 27.7 Å². The molecule has 0 saturated carbocycles. The van der Waals surface area contributed by atoms with Crippen LogP contribution in [0.3, 0.4) is 0 Å². The van der Waals surface area contributed by atoms with Gasteiger partial charge in [-0.2, -0.15) is 13.2 Å². The monoisotopic (exact) mass is 254 g/mol. The second-order valence-electron chi connectivity index (χ2n) is 4.88. The van der Waals surface area contributed by atoms with Crippen LogP contribution in [0.5, 0.6) is 0 Å². The van der Waals surface area contributed by atoms with Gasteiger partial charge in [0.25, 0.3) is 0 Å². The number of hydrogen-bond donors (Lipinski definition) is 1. The molecule has 2 atom stereocenters. The van der Waals surface area contributed by atoms with Gasteiger partial charge in [-0.05, 0) is 12.8 Å². The van der Waals surface area contributed by atoms with E-state index < -0.39 is 30.6 Å². The van der Waals surface area contributed by atoms with Crippen molar-refractivity contribution in [2.75, 3.05) is 13.1 Å². The van der Waals surface area contributed by atoms with Crippen LogP contribution in [0.25, 0.3) is 0 Å². The number of nitrogens with two attached hydrogens (primary N) is 1. The molecule has 2 unspecified atom stereocenters. The minimum absolute atomic E-state index is 0.0124. The van der Waals surface area contributed by atoms with Crippen molar-refractivity contribution in [3.05, 3.63) is 0 Å². The van der Waals surface area contributed by atoms with Crippen molar-refractivity contribution in [1.29, 1.82) is 0 Å². The zero-order valence-corrected chi connectivity index (χ0v) is 10.7. The second kappa shape index (κ2) is 6.23. The smallest absolute Gasteiger partial charge is 0.333 e. The molecule has 3 nitrogen and oxygen atoms in total. The molecule has 0 bridgehead atoms. The normalized spacial score (nSPS) is 15.8. The van der Waals surface area contributed by atoms with Crippen LogP contribution in [0.15, 0.2) is 0 Å². The third-order valence-corrected chi connectivity index (χ3v) is 2.45. The first-order valence-corrected chi connectivity index (χ1v) is 5.65. The fourth-order valence-electron chi connectivity index (χ4n) is 1.40. The molecule has 0 aliphatic heterocycles. The molecule has 0 aliphatic carbocycles. The van der Waals surface area contributed by atoms with E-state index in [0.717, 1.165) is 4.90 Å². The summed E-state index contributed by atoms with van der Waals surface area (Å²) in [7, 11) is 0. The predicted octanol–water partition coefficient (Wildman–Crippen LogP) is 2.02. The van der Waals surface area contributed by atoms with Crippen molar-refractivity contribution in [2.45, 2.75) is 39.9 Å². The Morgan fingerprint density at radius 3 is 2.00 bits per heavy atom. The molecular weight excluding hydrogens is 233 g/mol. The van der Waals surface area contributed by atoms with Crippen molar-refractivity contribution in [3.8, 4) is 0 Å². The number of nitrogens with zero attached hydrogens (tertiary/aromatic N) is 1. The Kier molecular flexibility index (Phi) is 5.95. The fraction of sp³-hybridized carbons (Fsp3) is 0.909. The van der Waals surface area contributed by atoms with Crippen molar-refractivity contribution >= 4 is 5.91 Å². The summed E-state index contributed by atoms with van der Waals surface area (Å²) in [4.78, 5) is 12.7. The summed E-state index contributed by atoms with van der Waals surface area (Å²) in [5, 5.41) is 0. The zero-order valence-electron chi connectivity index (χ0n) is 10.7. The second-order valence-corrected chi connectivity index (χ2v) is 4.88. The minimum atomic E-state index is -4.37. The molecule has 0 spiro atoms. The summed E-state index contributed by atoms with van der Waals surface area (Å²) in [6.07, 6.45) is -4.37. The molecule has 0 aromatic rings. The maximum absolute atomic E-state index is 12.4. The van der Waals surface area contributed by atoms with Gasteiger partial charge in [0.15, 0.2) is 0 Å². The SMILES string of the molecule is CC(C)CN(CC(F)(F)F)C(=O)C(C)C(C)N. The topological polar surface area (TPSA) is 46.3 Å². The van der Waals surface area contributed by atoms with Crippen molar-refractivity contribution in [3.63, 3.8) is 0 Å². The number of rotatable bonds is 5. The standard InChI is InChI=1S/C11H21F3N2O/c1-7(2)5-16(6-11(12,13)14)10(17)8(3)9(4)15/h7-9H,5-6,15H2,1-4H3. The number of halogens is 3. The zero-order chi connectivity index (χ0) is 13.8. The predicted molar refractivity (Wildman–Crippen MR) is 60.3 cm³/mol. The van der Waals surface area contributed by atoms with Crippen LogP contribution in [-0.4, -0.2) is 36.1 Å². The maximum Gasteiger partial charge on any atom is 0.406 e. The van der Waals surface area contributed by atoms with E-state index >= 15 is 0 Å². The molecule has 0 aromatic carbocycles. The highest BCUT2D eigenvalue weighted by Crippen LogP contribution is 2.19. The largest absolute Gasteiger partial charge is 0.406 e. The Balaban J connectivity index is 4.74. The fourth-order valence-corrected chi connectivity index (χ4v) is 1.40. The molecule has 0 heterocycles. The van der Waals surface area contributed by atoms with E-state index in [1.807, 2.05) is 0 Å². The molecule has 0 saturated heterocycles. The summed E-state index contributed by atoms with van der Waals surface area (Å²) in [6.45, 7) is 5.59. The van der Waals surface area contributed by atoms with Gasteiger partial charge < -0.3 is 10.6 Å². The molecule has 0 aliphatic rings. The third kappa shape index (κ3) is 6.51. The number of hydrogen-bond acceptors (Lipinski definition) is 2. The molecule has 102 valence electrons. The molecule has 0 aromatic heterocycles. The first-order valence-electron chi connectivity index (χ1n) is 5.65. The molecule has 0 radical (unpaired) electrons. The lowest BCUT2D eigenvalue weighted by Gasteiger charge is -2.29. The molecule has 0 fully saturated rings. The number of amides is 1. The van der Waals surface area contributed by atoms with E-state index in [0.29, 0.717) is 0 Å². The van der Waals surface area contributed by atoms with Gasteiger partial charge in [-0.15, -0.1) is 0 Å². The first-order chi connectivity index (χ1) is 7.54. The summed E-state index contributed by atoms with van der Waals surface area (Å²) in [5.74, 6) is -1.15. The third-order valence-electron chi connectivity index (χ3n) is 2.45. The van der Waals surface area contributed by atoms with Crippen LogP contribution < -0.4 is 5.73 Å². The van der Waals surface area contributed by atoms with Gasteiger partial charge in [-0.3, -0.25) is 4.79 Å². The van der Waals surface area contributed by atoms with Crippen LogP contribution in [-0.2, 0) is 4.79 Å². The van der Waals surface area contributed by atoms with Crippen LogP contribution >= 0.6 is 0 Å². The lowest BCUT2D eigenvalue weighted by atomic mass is 10.0. The summed E-state index contributed by atoms with van der Waals surface area (Å²) in [5.41, 5.74) is 5.54. The van der Waals surface area contributed by atoms with Crippen molar-refractivity contribution < 1.29 is 18.0 Å². The molecule has 6 heteroatoms. The van der Waals surface area contributed by atoms with Gasteiger partial charge in [-0.1, -0.05) is 20.8 Å². The molecule has 17 heavy (non-hydrogen) atoms. The lowest BCUT2D eigenvalue weighted by Crippen LogP contribution is -2.46. The highest BCUT2D eigenvalue weighted by Gasteiger charge is 2.35. The van der Waals surface area contributed by atoms with E-state index in [2.05, 4.69) is 0 Å². The van der Waals surface area contributed by atoms with Gasteiger partial charge >= 0.3 is 6.18 Å². The number of carbonyl (C=O) groups excluding carboxylic acids is 1. The van der Waals surface area contributed by atoms with Crippen molar-refractivity contribution in [2.24, 2.45) is 17.6 Å². The van der Waals surface area contributed by atoms with E-state index in [-0.39, 0.29) is 12.5 Å². The quantitative estimate of drug-likeness (QED) is 0.815. The van der Waals surface area contributed by atoms with Crippen LogP contribution in [0, 0.1) is 11.8 Å². The first kappa shape index (κ1) is 16.2. The van der Waals surface area contributed by atoms with Gasteiger partial charge in [0.1, 0.15) is 6.54 Å². The molecular formula is C11H21F3N2O. The van der Waals surface area contributed by atoms with Gasteiger partial charge in [0, 0.05) is 12.6 Å². The highest BCUT2D eigenvalue weighted by molar-refractivity contribution is 5.79. The lowest BCUT2D eigenvalue weighted by molar-refractivity contribution is -0.164. The Labute approximate surface area is 100 Å². The summed E-state index contributed by atoms with van der Waals surface area (Å²) in [6, 6.07) is -0.453. The van der Waals surface area contributed by atoms with Gasteiger partial charge in [0.05, 0.1) is 5.92 Å². The Morgan fingerprint density at radius 1 is 1.24 bits per heavy atom. The Hall–Kier alpha value is -0.780. The summed E-state index contributed by atoms with van der Waals surface area (Å²) < 4.78 is 37.1. The maximum atomic E-state index is 12.4. The minimum Gasteiger partial charge on any atom is -0.333 e. The van der Waals surface area contributed by atoms with Gasteiger partial charge in [0.2, 0.25) is 5.91 Å². The number of alkyl halides is 3. The van der Waals surface area contributed by atoms with E-state index in [1.54, 1.807) is 27.7 Å². The van der Waals surface area contributed by atoms with E-state index in [9.17, 15) is 18.0 Å². The average Bonchev–Trinajstić information content (AvgIpc) is 2.11. The average molecular weight is 254 g/mol. The van der Waals surface area contributed by atoms with Gasteiger partial charge in [-0.25, -0.2) is 0 Å². The molecule has 1 amide bonds. The van der Waals surface area contributed by atoms with E-state index in [4.69, 9.17) is 5.73 Å². The Morgan fingerprint density at radius 2 is 1.71 bits per heavy atom. The molecule has 0 rings (SSSR count). The van der Waals surface area contributed by atoms with Crippen LogP contribution in [0.2, 0.25) is 0 Å².